The first kappa shape index (κ1) is 17.8. The number of carbonyl (C=O) groups is 1. The Bertz CT molecular complexity index is 1160. The van der Waals surface area contributed by atoms with Crippen molar-refractivity contribution in [2.75, 3.05) is 7.11 Å². The minimum atomic E-state index is -0.983. The van der Waals surface area contributed by atoms with Gasteiger partial charge in [-0.15, -0.1) is 0 Å². The second-order valence-electron chi connectivity index (χ2n) is 6.46. The lowest BCUT2D eigenvalue weighted by Crippen LogP contribution is -2.00. The zero-order valence-corrected chi connectivity index (χ0v) is 15.6. The molecule has 0 aliphatic heterocycles. The van der Waals surface area contributed by atoms with Crippen molar-refractivity contribution in [1.29, 1.82) is 0 Å². The van der Waals surface area contributed by atoms with Crippen molar-refractivity contribution in [3.8, 4) is 28.5 Å². The van der Waals surface area contributed by atoms with Crippen LogP contribution in [0.15, 0.2) is 65.1 Å². The summed E-state index contributed by atoms with van der Waals surface area (Å²) in [6.45, 7) is 2.03. The van der Waals surface area contributed by atoms with Gasteiger partial charge in [0, 0.05) is 10.9 Å². The third kappa shape index (κ3) is 3.22. The van der Waals surface area contributed by atoms with Crippen molar-refractivity contribution in [3.63, 3.8) is 0 Å². The summed E-state index contributed by atoms with van der Waals surface area (Å²) in [5.74, 6) is 0.987. The molecule has 140 valence electrons. The molecule has 4 rings (SSSR count). The summed E-state index contributed by atoms with van der Waals surface area (Å²) in [5.41, 5.74) is 3.32. The van der Waals surface area contributed by atoms with E-state index in [1.165, 1.54) is 0 Å². The molecule has 0 atom stereocenters. The van der Waals surface area contributed by atoms with E-state index >= 15 is 0 Å². The molecule has 4 aromatic rings. The average Bonchev–Trinajstić information content (AvgIpc) is 3.22. The Hall–Kier alpha value is -3.60. The van der Waals surface area contributed by atoms with E-state index in [1.807, 2.05) is 55.5 Å². The Morgan fingerprint density at radius 2 is 1.79 bits per heavy atom. The van der Waals surface area contributed by atoms with E-state index in [4.69, 9.17) is 9.15 Å². The third-order valence-electron chi connectivity index (χ3n) is 4.74. The van der Waals surface area contributed by atoms with E-state index in [0.29, 0.717) is 28.1 Å². The van der Waals surface area contributed by atoms with Crippen LogP contribution in [0.3, 0.4) is 0 Å². The van der Waals surface area contributed by atoms with Gasteiger partial charge < -0.3 is 14.3 Å². The molecule has 28 heavy (non-hydrogen) atoms. The van der Waals surface area contributed by atoms with Gasteiger partial charge in [-0.2, -0.15) is 0 Å². The molecule has 0 unspecified atom stereocenters. The molecule has 5 heteroatoms. The number of carboxylic acid groups (broad SMARTS) is 1. The van der Waals surface area contributed by atoms with Crippen LogP contribution in [0, 0.1) is 0 Å². The average molecular weight is 373 g/mol. The molecule has 0 saturated heterocycles. The normalized spacial score (nSPS) is 10.9. The third-order valence-corrected chi connectivity index (χ3v) is 4.74. The number of pyridine rings is 1. The second kappa shape index (κ2) is 7.19. The van der Waals surface area contributed by atoms with Crippen LogP contribution in [0.2, 0.25) is 0 Å². The molecule has 0 radical (unpaired) electrons. The van der Waals surface area contributed by atoms with Crippen molar-refractivity contribution in [1.82, 2.24) is 4.98 Å². The predicted molar refractivity (Wildman–Crippen MR) is 108 cm³/mol. The van der Waals surface area contributed by atoms with Crippen LogP contribution in [0.25, 0.3) is 33.7 Å². The molecule has 2 aromatic carbocycles. The summed E-state index contributed by atoms with van der Waals surface area (Å²) >= 11 is 0. The van der Waals surface area contributed by atoms with Crippen LogP contribution in [-0.2, 0) is 6.42 Å². The minimum absolute atomic E-state index is 0.220. The number of benzene rings is 2. The van der Waals surface area contributed by atoms with Gasteiger partial charge in [-0.1, -0.05) is 13.0 Å². The number of ether oxygens (including phenoxy) is 1. The summed E-state index contributed by atoms with van der Waals surface area (Å²) in [7, 11) is 1.62. The molecule has 0 bridgehead atoms. The fourth-order valence-corrected chi connectivity index (χ4v) is 3.18. The zero-order chi connectivity index (χ0) is 19.7. The summed E-state index contributed by atoms with van der Waals surface area (Å²) < 4.78 is 11.1. The van der Waals surface area contributed by atoms with Gasteiger partial charge in [0.05, 0.1) is 18.2 Å². The first-order chi connectivity index (χ1) is 13.6. The maximum absolute atomic E-state index is 11.8. The number of hydrogen-bond acceptors (Lipinski definition) is 4. The monoisotopic (exact) mass is 373 g/mol. The van der Waals surface area contributed by atoms with Crippen molar-refractivity contribution in [3.05, 3.63) is 71.8 Å². The van der Waals surface area contributed by atoms with Gasteiger partial charge in [-0.3, -0.25) is 0 Å². The Morgan fingerprint density at radius 3 is 2.46 bits per heavy atom. The largest absolute Gasteiger partial charge is 0.497 e. The van der Waals surface area contributed by atoms with Crippen LogP contribution in [0.4, 0.5) is 0 Å². The Labute approximate surface area is 162 Å². The lowest BCUT2D eigenvalue weighted by molar-refractivity contribution is 0.0699. The van der Waals surface area contributed by atoms with Crippen molar-refractivity contribution in [2.24, 2.45) is 0 Å². The predicted octanol–water partition coefficient (Wildman–Crippen LogP) is 5.43. The number of rotatable bonds is 5. The van der Waals surface area contributed by atoms with E-state index in [0.717, 1.165) is 23.3 Å². The highest BCUT2D eigenvalue weighted by molar-refractivity contribution is 6.03. The van der Waals surface area contributed by atoms with Gasteiger partial charge in [-0.05, 0) is 66.6 Å². The minimum Gasteiger partial charge on any atom is -0.497 e. The molecular formula is C23H19NO4. The molecule has 5 nitrogen and oxygen atoms in total. The van der Waals surface area contributed by atoms with Gasteiger partial charge in [0.1, 0.15) is 17.2 Å². The number of methoxy groups -OCH3 is 1. The summed E-state index contributed by atoms with van der Waals surface area (Å²) in [6.07, 6.45) is 0.833. The van der Waals surface area contributed by atoms with Gasteiger partial charge in [-0.25, -0.2) is 9.78 Å². The summed E-state index contributed by atoms with van der Waals surface area (Å²) in [6, 6.07) is 18.5. The van der Waals surface area contributed by atoms with Crippen LogP contribution < -0.4 is 4.74 Å². The molecule has 0 amide bonds. The Morgan fingerprint density at radius 1 is 1.04 bits per heavy atom. The highest BCUT2D eigenvalue weighted by atomic mass is 16.5. The van der Waals surface area contributed by atoms with E-state index < -0.39 is 5.97 Å². The first-order valence-corrected chi connectivity index (χ1v) is 9.00. The number of fused-ring (bicyclic) bond motifs is 1. The number of aryl methyl sites for hydroxylation is 1. The SMILES string of the molecule is CCc1ccc2nc(-c3ccc(-c4ccc(OC)cc4)o3)cc(C(=O)O)c2c1. The molecule has 1 N–H and O–H groups in total. The maximum Gasteiger partial charge on any atom is 0.336 e. The Kier molecular flexibility index (Phi) is 4.57. The van der Waals surface area contributed by atoms with E-state index in [1.54, 1.807) is 19.2 Å². The standard InChI is InChI=1S/C23H19NO4/c1-3-14-4-9-19-17(12-14)18(23(25)26)13-20(24-19)22-11-10-21(28-22)15-5-7-16(27-2)8-6-15/h4-13H,3H2,1-2H3,(H,25,26). The van der Waals surface area contributed by atoms with Crippen LogP contribution >= 0.6 is 0 Å². The van der Waals surface area contributed by atoms with Gasteiger partial charge >= 0.3 is 5.97 Å². The van der Waals surface area contributed by atoms with Crippen molar-refractivity contribution >= 4 is 16.9 Å². The molecule has 2 aromatic heterocycles. The van der Waals surface area contributed by atoms with Crippen molar-refractivity contribution < 1.29 is 19.1 Å². The Balaban J connectivity index is 1.78. The van der Waals surface area contributed by atoms with E-state index in [-0.39, 0.29) is 5.56 Å². The lowest BCUT2D eigenvalue weighted by Gasteiger charge is -2.07. The van der Waals surface area contributed by atoms with Gasteiger partial charge in [0.15, 0.2) is 5.76 Å². The maximum atomic E-state index is 11.8. The second-order valence-corrected chi connectivity index (χ2v) is 6.46. The van der Waals surface area contributed by atoms with E-state index in [2.05, 4.69) is 4.98 Å². The number of nitrogens with zero attached hydrogens (tertiary/aromatic N) is 1. The first-order valence-electron chi connectivity index (χ1n) is 9.00. The summed E-state index contributed by atoms with van der Waals surface area (Å²) in [4.78, 5) is 16.4. The highest BCUT2D eigenvalue weighted by Gasteiger charge is 2.16. The van der Waals surface area contributed by atoms with Crippen LogP contribution in [0.5, 0.6) is 5.75 Å². The molecule has 0 saturated carbocycles. The number of aromatic nitrogens is 1. The fraction of sp³-hybridized carbons (Fsp3) is 0.130. The number of aromatic carboxylic acids is 1. The lowest BCUT2D eigenvalue weighted by atomic mass is 10.0. The smallest absolute Gasteiger partial charge is 0.336 e. The topological polar surface area (TPSA) is 72.6 Å². The van der Waals surface area contributed by atoms with Crippen molar-refractivity contribution in [2.45, 2.75) is 13.3 Å². The van der Waals surface area contributed by atoms with E-state index in [9.17, 15) is 9.90 Å². The quantitative estimate of drug-likeness (QED) is 0.505. The zero-order valence-electron chi connectivity index (χ0n) is 15.6. The van der Waals surface area contributed by atoms with Gasteiger partial charge in [0.2, 0.25) is 0 Å². The summed E-state index contributed by atoms with van der Waals surface area (Å²) in [5, 5.41) is 10.3. The molecular weight excluding hydrogens is 354 g/mol. The number of carboxylic acids is 1. The number of hydrogen-bond donors (Lipinski definition) is 1. The molecule has 0 spiro atoms. The number of furan rings is 1. The molecule has 0 fully saturated rings. The molecule has 0 aliphatic rings. The molecule has 2 heterocycles. The van der Waals surface area contributed by atoms with Crippen LogP contribution in [-0.4, -0.2) is 23.2 Å². The van der Waals surface area contributed by atoms with Crippen LogP contribution in [0.1, 0.15) is 22.8 Å². The fourth-order valence-electron chi connectivity index (χ4n) is 3.18. The van der Waals surface area contributed by atoms with Gasteiger partial charge in [0.25, 0.3) is 0 Å². The molecule has 0 aliphatic carbocycles. The highest BCUT2D eigenvalue weighted by Crippen LogP contribution is 2.31.